The number of nitrogens with zero attached hydrogens (tertiary/aromatic N) is 1. The van der Waals surface area contributed by atoms with E-state index >= 15 is 0 Å². The van der Waals surface area contributed by atoms with E-state index in [4.69, 9.17) is 9.47 Å². The molecule has 0 heterocycles. The molecule has 0 unspecified atom stereocenters. The van der Waals surface area contributed by atoms with E-state index in [1.807, 2.05) is 0 Å². The summed E-state index contributed by atoms with van der Waals surface area (Å²) in [4.78, 5) is 4.00. The Hall–Kier alpha value is -2.44. The second-order valence-corrected chi connectivity index (χ2v) is 5.63. The molecule has 0 amide bonds. The summed E-state index contributed by atoms with van der Waals surface area (Å²) >= 11 is 0. The molecule has 0 aliphatic rings. The van der Waals surface area contributed by atoms with Crippen molar-refractivity contribution in [3.63, 3.8) is 0 Å². The normalized spacial score (nSPS) is 11.0. The minimum Gasteiger partial charge on any atom is -0.497 e. The molecule has 2 N–H and O–H groups in total. The van der Waals surface area contributed by atoms with Gasteiger partial charge in [-0.2, -0.15) is 8.78 Å². The summed E-state index contributed by atoms with van der Waals surface area (Å²) in [5.41, 5.74) is 0.471. The fourth-order valence-corrected chi connectivity index (χ4v) is 2.34. The van der Waals surface area contributed by atoms with Crippen LogP contribution in [-0.2, 0) is 6.54 Å². The second-order valence-electron chi connectivity index (χ2n) is 5.63. The Morgan fingerprint density at radius 2 is 1.83 bits per heavy atom. The van der Waals surface area contributed by atoms with Gasteiger partial charge in [0.25, 0.3) is 0 Å². The first-order valence-corrected chi connectivity index (χ1v) is 8.57. The molecule has 0 saturated carbocycles. The molecule has 0 saturated heterocycles. The van der Waals surface area contributed by atoms with Crippen LogP contribution >= 0.6 is 24.0 Å². The Kier molecular flexibility index (Phi) is 11.1. The van der Waals surface area contributed by atoms with Crippen LogP contribution < -0.4 is 24.8 Å². The maximum absolute atomic E-state index is 13.5. The highest BCUT2D eigenvalue weighted by Gasteiger charge is 2.12. The van der Waals surface area contributed by atoms with Gasteiger partial charge in [-0.3, -0.25) is 4.99 Å². The zero-order valence-corrected chi connectivity index (χ0v) is 18.6. The highest BCUT2D eigenvalue weighted by molar-refractivity contribution is 14.0. The number of aliphatic imine (C=N–C) groups is 1. The van der Waals surface area contributed by atoms with Crippen molar-refractivity contribution in [3.8, 4) is 17.2 Å². The van der Waals surface area contributed by atoms with E-state index in [9.17, 15) is 17.6 Å². The number of alkyl halides is 2. The van der Waals surface area contributed by atoms with Gasteiger partial charge in [-0.15, -0.1) is 24.0 Å². The van der Waals surface area contributed by atoms with Crippen molar-refractivity contribution >= 4 is 29.9 Å². The molecule has 0 atom stereocenters. The lowest BCUT2D eigenvalue weighted by molar-refractivity contribution is -0.0505. The van der Waals surface area contributed by atoms with E-state index in [0.717, 1.165) is 12.1 Å². The standard InChI is InChI=1S/C19H21F4N3O3.HI/c1-24-19(25-7-8-28-16-6-4-13(20)9-15(16)21)26-11-12-3-5-14(27-2)10-17(12)29-18(22)23;/h3-6,9-10,18H,7-8,11H2,1-2H3,(H2,24,25,26);1H. The summed E-state index contributed by atoms with van der Waals surface area (Å²) < 4.78 is 66.4. The van der Waals surface area contributed by atoms with Gasteiger partial charge in [0.05, 0.1) is 13.7 Å². The van der Waals surface area contributed by atoms with E-state index in [1.165, 1.54) is 26.3 Å². The Balaban J connectivity index is 0.00000450. The first kappa shape index (κ1) is 25.6. The molecule has 0 bridgehead atoms. The lowest BCUT2D eigenvalue weighted by atomic mass is 10.2. The molecule has 30 heavy (non-hydrogen) atoms. The van der Waals surface area contributed by atoms with Crippen LogP contribution in [0.25, 0.3) is 0 Å². The van der Waals surface area contributed by atoms with Crippen LogP contribution in [0, 0.1) is 11.6 Å². The molecular formula is C19H22F4IN3O3. The molecule has 2 aromatic carbocycles. The molecule has 2 rings (SSSR count). The summed E-state index contributed by atoms with van der Waals surface area (Å²) in [6, 6.07) is 7.61. The molecular weight excluding hydrogens is 521 g/mol. The van der Waals surface area contributed by atoms with Crippen molar-refractivity contribution in [1.29, 1.82) is 0 Å². The third kappa shape index (κ3) is 8.13. The zero-order valence-electron chi connectivity index (χ0n) is 16.3. The predicted octanol–water partition coefficient (Wildman–Crippen LogP) is 3.94. The topological polar surface area (TPSA) is 64.1 Å². The maximum Gasteiger partial charge on any atom is 0.387 e. The Morgan fingerprint density at radius 1 is 1.07 bits per heavy atom. The Morgan fingerprint density at radius 3 is 2.47 bits per heavy atom. The van der Waals surface area contributed by atoms with E-state index in [-0.39, 0.29) is 55.2 Å². The van der Waals surface area contributed by atoms with Gasteiger partial charge in [0.15, 0.2) is 17.5 Å². The van der Waals surface area contributed by atoms with Crippen LogP contribution in [0.3, 0.4) is 0 Å². The zero-order chi connectivity index (χ0) is 21.2. The number of rotatable bonds is 9. The average molecular weight is 543 g/mol. The highest BCUT2D eigenvalue weighted by atomic mass is 127. The van der Waals surface area contributed by atoms with Gasteiger partial charge in [0, 0.05) is 31.3 Å². The minimum absolute atomic E-state index is 0. The number of methoxy groups -OCH3 is 1. The van der Waals surface area contributed by atoms with Crippen LogP contribution in [0.1, 0.15) is 5.56 Å². The van der Waals surface area contributed by atoms with Crippen LogP contribution in [-0.4, -0.2) is 39.9 Å². The number of benzene rings is 2. The molecule has 11 heteroatoms. The largest absolute Gasteiger partial charge is 0.497 e. The quantitative estimate of drug-likeness (QED) is 0.165. The van der Waals surface area contributed by atoms with E-state index < -0.39 is 18.2 Å². The van der Waals surface area contributed by atoms with Crippen LogP contribution in [0.5, 0.6) is 17.2 Å². The molecule has 0 aromatic heterocycles. The summed E-state index contributed by atoms with van der Waals surface area (Å²) in [5.74, 6) is -0.811. The molecule has 0 spiro atoms. The Labute approximate surface area is 188 Å². The van der Waals surface area contributed by atoms with Crippen molar-refractivity contribution in [2.45, 2.75) is 13.2 Å². The molecule has 166 valence electrons. The number of halogens is 5. The molecule has 6 nitrogen and oxygen atoms in total. The van der Waals surface area contributed by atoms with Gasteiger partial charge in [-0.25, -0.2) is 8.78 Å². The monoisotopic (exact) mass is 543 g/mol. The average Bonchev–Trinajstić information content (AvgIpc) is 2.69. The van der Waals surface area contributed by atoms with Crippen molar-refractivity contribution in [3.05, 3.63) is 53.6 Å². The molecule has 0 radical (unpaired) electrons. The molecule has 2 aromatic rings. The summed E-state index contributed by atoms with van der Waals surface area (Å²) in [6.45, 7) is -2.47. The van der Waals surface area contributed by atoms with Crippen molar-refractivity contribution in [2.24, 2.45) is 4.99 Å². The summed E-state index contributed by atoms with van der Waals surface area (Å²) in [5, 5.41) is 5.88. The van der Waals surface area contributed by atoms with Gasteiger partial charge in [0.2, 0.25) is 0 Å². The first-order valence-electron chi connectivity index (χ1n) is 8.57. The van der Waals surface area contributed by atoms with Gasteiger partial charge < -0.3 is 24.8 Å². The third-order valence-corrected chi connectivity index (χ3v) is 3.71. The fourth-order valence-electron chi connectivity index (χ4n) is 2.34. The van der Waals surface area contributed by atoms with Gasteiger partial charge >= 0.3 is 6.61 Å². The van der Waals surface area contributed by atoms with E-state index in [2.05, 4.69) is 20.4 Å². The molecule has 0 fully saturated rings. The predicted molar refractivity (Wildman–Crippen MR) is 115 cm³/mol. The molecule has 0 aliphatic carbocycles. The van der Waals surface area contributed by atoms with Crippen LogP contribution in [0.2, 0.25) is 0 Å². The number of nitrogens with one attached hydrogen (secondary N) is 2. The summed E-state index contributed by atoms with van der Waals surface area (Å²) in [6.07, 6.45) is 0. The second kappa shape index (κ2) is 13.0. The van der Waals surface area contributed by atoms with Gasteiger partial charge in [-0.05, 0) is 24.3 Å². The van der Waals surface area contributed by atoms with Crippen LogP contribution in [0.15, 0.2) is 41.4 Å². The van der Waals surface area contributed by atoms with Crippen LogP contribution in [0.4, 0.5) is 17.6 Å². The number of hydrogen-bond acceptors (Lipinski definition) is 4. The van der Waals surface area contributed by atoms with Crippen molar-refractivity contribution in [2.75, 3.05) is 27.3 Å². The van der Waals surface area contributed by atoms with E-state index in [0.29, 0.717) is 17.3 Å². The Bertz CT molecular complexity index is 841. The molecule has 0 aliphatic heterocycles. The smallest absolute Gasteiger partial charge is 0.387 e. The summed E-state index contributed by atoms with van der Waals surface area (Å²) in [7, 11) is 2.95. The van der Waals surface area contributed by atoms with Gasteiger partial charge in [0.1, 0.15) is 23.9 Å². The lowest BCUT2D eigenvalue weighted by Gasteiger charge is -2.15. The number of ether oxygens (including phenoxy) is 3. The van der Waals surface area contributed by atoms with Crippen molar-refractivity contribution < 1.29 is 31.8 Å². The third-order valence-electron chi connectivity index (χ3n) is 3.71. The first-order chi connectivity index (χ1) is 13.9. The van der Waals surface area contributed by atoms with Crippen molar-refractivity contribution in [1.82, 2.24) is 10.6 Å². The maximum atomic E-state index is 13.5. The fraction of sp³-hybridized carbons (Fsp3) is 0.316. The number of guanidine groups is 1. The lowest BCUT2D eigenvalue weighted by Crippen LogP contribution is -2.39. The van der Waals surface area contributed by atoms with E-state index in [1.54, 1.807) is 12.1 Å². The highest BCUT2D eigenvalue weighted by Crippen LogP contribution is 2.26. The minimum atomic E-state index is -2.97. The number of hydrogen-bond donors (Lipinski definition) is 2. The SMILES string of the molecule is CN=C(NCCOc1ccc(F)cc1F)NCc1ccc(OC)cc1OC(F)F.I. The van der Waals surface area contributed by atoms with Gasteiger partial charge in [-0.1, -0.05) is 0 Å².